The Morgan fingerprint density at radius 3 is 2.76 bits per heavy atom. The number of para-hydroxylation sites is 1. The standard InChI is InChI=1S/C22H22N2O4S/c1-26-17-12-15(13-18-20(17)28-11-10-27-18)22(25)24-8-6-14(7-9-24)21-23-16-4-2-3-5-19(16)29-21/h2-5,12-14H,6-11H2,1H3. The van der Waals surface area contributed by atoms with Crippen LogP contribution in [0.25, 0.3) is 10.2 Å². The van der Waals surface area contributed by atoms with Crippen molar-refractivity contribution in [1.82, 2.24) is 9.88 Å². The Kier molecular flexibility index (Phi) is 4.75. The number of aromatic nitrogens is 1. The predicted molar refractivity (Wildman–Crippen MR) is 111 cm³/mol. The molecule has 0 unspecified atom stereocenters. The van der Waals surface area contributed by atoms with Crippen molar-refractivity contribution < 1.29 is 19.0 Å². The number of hydrogen-bond donors (Lipinski definition) is 0. The third kappa shape index (κ3) is 3.40. The summed E-state index contributed by atoms with van der Waals surface area (Å²) >= 11 is 1.77. The van der Waals surface area contributed by atoms with Crippen LogP contribution in [0, 0.1) is 0 Å². The molecule has 1 saturated heterocycles. The second-order valence-electron chi connectivity index (χ2n) is 7.29. The summed E-state index contributed by atoms with van der Waals surface area (Å²) in [6.07, 6.45) is 1.85. The van der Waals surface area contributed by atoms with E-state index in [4.69, 9.17) is 19.2 Å². The van der Waals surface area contributed by atoms with Crippen molar-refractivity contribution >= 4 is 27.5 Å². The Labute approximate surface area is 173 Å². The third-order valence-corrected chi connectivity index (χ3v) is 6.72. The van der Waals surface area contributed by atoms with Gasteiger partial charge >= 0.3 is 0 Å². The van der Waals surface area contributed by atoms with Gasteiger partial charge in [-0.3, -0.25) is 4.79 Å². The summed E-state index contributed by atoms with van der Waals surface area (Å²) in [6.45, 7) is 2.39. The van der Waals surface area contributed by atoms with Crippen LogP contribution in [-0.4, -0.2) is 49.2 Å². The van der Waals surface area contributed by atoms with E-state index in [2.05, 4.69) is 12.1 Å². The molecule has 0 aliphatic carbocycles. The molecule has 5 rings (SSSR count). The molecule has 1 amide bonds. The molecule has 3 aromatic rings. The maximum absolute atomic E-state index is 13.1. The van der Waals surface area contributed by atoms with Crippen molar-refractivity contribution in [2.24, 2.45) is 0 Å². The van der Waals surface area contributed by atoms with Crippen molar-refractivity contribution in [1.29, 1.82) is 0 Å². The van der Waals surface area contributed by atoms with Crippen molar-refractivity contribution in [3.63, 3.8) is 0 Å². The Balaban J connectivity index is 1.31. The molecule has 1 fully saturated rings. The average molecular weight is 410 g/mol. The number of hydrogen-bond acceptors (Lipinski definition) is 6. The Morgan fingerprint density at radius 1 is 1.17 bits per heavy atom. The lowest BCUT2D eigenvalue weighted by atomic mass is 9.97. The minimum atomic E-state index is 0.00280. The van der Waals surface area contributed by atoms with Gasteiger partial charge in [-0.25, -0.2) is 4.98 Å². The largest absolute Gasteiger partial charge is 0.493 e. The van der Waals surface area contributed by atoms with E-state index < -0.39 is 0 Å². The summed E-state index contributed by atoms with van der Waals surface area (Å²) in [6, 6.07) is 11.8. The summed E-state index contributed by atoms with van der Waals surface area (Å²) in [5.74, 6) is 2.09. The number of likely N-dealkylation sites (tertiary alicyclic amines) is 1. The van der Waals surface area contributed by atoms with E-state index in [1.165, 1.54) is 9.71 Å². The van der Waals surface area contributed by atoms with Crippen LogP contribution in [0.5, 0.6) is 17.2 Å². The van der Waals surface area contributed by atoms with E-state index in [1.54, 1.807) is 30.6 Å². The second-order valence-corrected chi connectivity index (χ2v) is 8.35. The first kappa shape index (κ1) is 18.2. The molecule has 0 saturated carbocycles. The van der Waals surface area contributed by atoms with Gasteiger partial charge in [-0.15, -0.1) is 11.3 Å². The Morgan fingerprint density at radius 2 is 1.97 bits per heavy atom. The van der Waals surface area contributed by atoms with Gasteiger partial charge in [0.05, 0.1) is 22.3 Å². The molecule has 1 aromatic heterocycles. The maximum atomic E-state index is 13.1. The van der Waals surface area contributed by atoms with Gasteiger partial charge in [-0.2, -0.15) is 0 Å². The van der Waals surface area contributed by atoms with Gasteiger partial charge in [-0.1, -0.05) is 12.1 Å². The molecule has 0 radical (unpaired) electrons. The molecule has 150 valence electrons. The number of fused-ring (bicyclic) bond motifs is 2. The highest BCUT2D eigenvalue weighted by Crippen LogP contribution is 2.41. The lowest BCUT2D eigenvalue weighted by Crippen LogP contribution is -2.38. The number of ether oxygens (including phenoxy) is 3. The molecule has 0 bridgehead atoms. The first-order chi connectivity index (χ1) is 14.2. The number of benzene rings is 2. The highest BCUT2D eigenvalue weighted by molar-refractivity contribution is 7.18. The van der Waals surface area contributed by atoms with Crippen LogP contribution >= 0.6 is 11.3 Å². The average Bonchev–Trinajstić information content (AvgIpc) is 3.22. The zero-order valence-corrected chi connectivity index (χ0v) is 17.0. The smallest absolute Gasteiger partial charge is 0.254 e. The predicted octanol–water partition coefficient (Wildman–Crippen LogP) is 4.10. The van der Waals surface area contributed by atoms with Crippen LogP contribution in [0.3, 0.4) is 0 Å². The molecule has 6 nitrogen and oxygen atoms in total. The normalized spacial score (nSPS) is 16.8. The topological polar surface area (TPSA) is 60.9 Å². The van der Waals surface area contributed by atoms with Gasteiger partial charge in [0.15, 0.2) is 11.5 Å². The number of thiazole rings is 1. The monoisotopic (exact) mass is 410 g/mol. The summed E-state index contributed by atoms with van der Waals surface area (Å²) < 4.78 is 17.9. The van der Waals surface area contributed by atoms with Crippen LogP contribution in [0.2, 0.25) is 0 Å². The van der Waals surface area contributed by atoms with E-state index in [-0.39, 0.29) is 5.91 Å². The molecule has 0 N–H and O–H groups in total. The molecular formula is C22H22N2O4S. The molecule has 7 heteroatoms. The van der Waals surface area contributed by atoms with E-state index in [9.17, 15) is 4.79 Å². The number of nitrogens with zero attached hydrogens (tertiary/aromatic N) is 2. The van der Waals surface area contributed by atoms with E-state index in [0.29, 0.717) is 41.9 Å². The first-order valence-corrected chi connectivity index (χ1v) is 10.7. The number of methoxy groups -OCH3 is 1. The number of carbonyl (C=O) groups is 1. The summed E-state index contributed by atoms with van der Waals surface area (Å²) in [5.41, 5.74) is 1.64. The van der Waals surface area contributed by atoms with Gasteiger partial charge < -0.3 is 19.1 Å². The van der Waals surface area contributed by atoms with Crippen molar-refractivity contribution in [2.75, 3.05) is 33.4 Å². The lowest BCUT2D eigenvalue weighted by molar-refractivity contribution is 0.0711. The number of rotatable bonds is 3. The fourth-order valence-corrected chi connectivity index (χ4v) is 5.11. The van der Waals surface area contributed by atoms with E-state index in [0.717, 1.165) is 31.4 Å². The highest BCUT2D eigenvalue weighted by atomic mass is 32.1. The molecule has 29 heavy (non-hydrogen) atoms. The van der Waals surface area contributed by atoms with Gasteiger partial charge in [0.25, 0.3) is 5.91 Å². The Hall–Kier alpha value is -2.80. The minimum absolute atomic E-state index is 0.00280. The highest BCUT2D eigenvalue weighted by Gasteiger charge is 2.28. The van der Waals surface area contributed by atoms with Crippen LogP contribution in [-0.2, 0) is 0 Å². The quantitative estimate of drug-likeness (QED) is 0.651. The zero-order chi connectivity index (χ0) is 19.8. The Bertz CT molecular complexity index is 1010. The molecule has 2 aromatic carbocycles. The molecule has 2 aliphatic heterocycles. The summed E-state index contributed by atoms with van der Waals surface area (Å²) in [5, 5.41) is 1.18. The van der Waals surface area contributed by atoms with Crippen LogP contribution in [0.15, 0.2) is 36.4 Å². The van der Waals surface area contributed by atoms with E-state index in [1.807, 2.05) is 17.0 Å². The molecule has 3 heterocycles. The zero-order valence-electron chi connectivity index (χ0n) is 16.2. The fraction of sp³-hybridized carbons (Fsp3) is 0.364. The molecular weight excluding hydrogens is 388 g/mol. The summed E-state index contributed by atoms with van der Waals surface area (Å²) in [7, 11) is 1.57. The van der Waals surface area contributed by atoms with Gasteiger partial charge in [0, 0.05) is 24.6 Å². The number of carbonyl (C=O) groups excluding carboxylic acids is 1. The number of amides is 1. The SMILES string of the molecule is COc1cc(C(=O)N2CCC(c3nc4ccccc4s3)CC2)cc2c1OCCO2. The minimum Gasteiger partial charge on any atom is -0.493 e. The van der Waals surface area contributed by atoms with Gasteiger partial charge in [0.1, 0.15) is 13.2 Å². The number of piperidine rings is 1. The van der Waals surface area contributed by atoms with Gasteiger partial charge in [-0.05, 0) is 37.1 Å². The second kappa shape index (κ2) is 7.55. The fourth-order valence-electron chi connectivity index (χ4n) is 3.97. The molecule has 0 atom stereocenters. The summed E-state index contributed by atoms with van der Waals surface area (Å²) in [4.78, 5) is 19.8. The first-order valence-electron chi connectivity index (χ1n) is 9.85. The van der Waals surface area contributed by atoms with Crippen LogP contribution in [0.4, 0.5) is 0 Å². The van der Waals surface area contributed by atoms with Crippen molar-refractivity contribution in [2.45, 2.75) is 18.8 Å². The molecule has 2 aliphatic rings. The third-order valence-electron chi connectivity index (χ3n) is 5.52. The van der Waals surface area contributed by atoms with Crippen LogP contribution < -0.4 is 14.2 Å². The van der Waals surface area contributed by atoms with E-state index >= 15 is 0 Å². The van der Waals surface area contributed by atoms with Crippen LogP contribution in [0.1, 0.15) is 34.1 Å². The lowest BCUT2D eigenvalue weighted by Gasteiger charge is -2.31. The maximum Gasteiger partial charge on any atom is 0.254 e. The van der Waals surface area contributed by atoms with Gasteiger partial charge in [0.2, 0.25) is 5.75 Å². The molecule has 0 spiro atoms. The van der Waals surface area contributed by atoms with Crippen molar-refractivity contribution in [3.8, 4) is 17.2 Å². The van der Waals surface area contributed by atoms with Crippen molar-refractivity contribution in [3.05, 3.63) is 47.0 Å².